The molecule has 1 unspecified atom stereocenters. The minimum Gasteiger partial charge on any atom is -0.366 e. The van der Waals surface area contributed by atoms with Crippen molar-refractivity contribution in [2.75, 3.05) is 11.4 Å². The fraction of sp³-hybridized carbons (Fsp3) is 0.409. The van der Waals surface area contributed by atoms with Gasteiger partial charge in [-0.15, -0.1) is 0 Å². The van der Waals surface area contributed by atoms with Crippen molar-refractivity contribution in [3.05, 3.63) is 58.4 Å². The minimum absolute atomic E-state index is 0.0937. The lowest BCUT2D eigenvalue weighted by Gasteiger charge is -2.47. The van der Waals surface area contributed by atoms with Crippen LogP contribution in [0.4, 0.5) is 15.8 Å². The first-order chi connectivity index (χ1) is 12.3. The van der Waals surface area contributed by atoms with Crippen LogP contribution >= 0.6 is 11.6 Å². The van der Waals surface area contributed by atoms with Gasteiger partial charge in [-0.1, -0.05) is 31.5 Å². The van der Waals surface area contributed by atoms with Crippen LogP contribution in [0.1, 0.15) is 57.6 Å². The summed E-state index contributed by atoms with van der Waals surface area (Å²) in [4.78, 5) is 6.98. The van der Waals surface area contributed by atoms with Crippen LogP contribution in [0.3, 0.4) is 0 Å². The van der Waals surface area contributed by atoms with Gasteiger partial charge in [0.25, 0.3) is 0 Å². The van der Waals surface area contributed by atoms with Gasteiger partial charge in [-0.25, -0.2) is 4.39 Å². The molecular weight excluding hydrogens is 347 g/mol. The molecule has 0 saturated carbocycles. The molecule has 0 bridgehead atoms. The van der Waals surface area contributed by atoms with Crippen molar-refractivity contribution in [1.29, 1.82) is 0 Å². The molecule has 1 aliphatic heterocycles. The average Bonchev–Trinajstić information content (AvgIpc) is 2.59. The molecule has 0 spiro atoms. The van der Waals surface area contributed by atoms with Crippen molar-refractivity contribution < 1.29 is 4.39 Å². The number of nitrogens with zero attached hydrogens (tertiary/aromatic N) is 2. The fourth-order valence-electron chi connectivity index (χ4n) is 3.95. The first-order valence-electron chi connectivity index (χ1n) is 9.22. The maximum Gasteiger partial charge on any atom is 0.141 e. The van der Waals surface area contributed by atoms with Crippen LogP contribution in [0.5, 0.6) is 0 Å². The molecule has 2 aromatic rings. The van der Waals surface area contributed by atoms with Gasteiger partial charge in [0.1, 0.15) is 5.82 Å². The number of anilines is 1. The Morgan fingerprint density at radius 1 is 1.27 bits per heavy atom. The number of halogens is 2. The van der Waals surface area contributed by atoms with Crippen molar-refractivity contribution in [2.45, 2.75) is 52.0 Å². The Hall–Kier alpha value is -1.87. The Kier molecular flexibility index (Phi) is 5.38. The molecule has 1 heterocycles. The quantitative estimate of drug-likeness (QED) is 0.543. The Morgan fingerprint density at radius 2 is 2.04 bits per heavy atom. The first kappa shape index (κ1) is 18.9. The largest absolute Gasteiger partial charge is 0.366 e. The summed E-state index contributed by atoms with van der Waals surface area (Å²) in [5.41, 5.74) is 4.57. The molecule has 1 aliphatic rings. The molecule has 26 heavy (non-hydrogen) atoms. The molecule has 0 aromatic heterocycles. The molecule has 1 atom stereocenters. The van der Waals surface area contributed by atoms with Crippen LogP contribution in [0.15, 0.2) is 41.4 Å². The number of rotatable bonds is 4. The van der Waals surface area contributed by atoms with Gasteiger partial charge in [0.2, 0.25) is 0 Å². The van der Waals surface area contributed by atoms with Crippen molar-refractivity contribution in [1.82, 2.24) is 0 Å². The zero-order chi connectivity index (χ0) is 18.9. The maximum atomic E-state index is 13.3. The number of fused-ring (bicyclic) bond motifs is 1. The number of aliphatic imine (C=N–C) groups is 1. The van der Waals surface area contributed by atoms with Crippen molar-refractivity contribution >= 4 is 29.2 Å². The molecule has 0 saturated heterocycles. The summed E-state index contributed by atoms with van der Waals surface area (Å²) >= 11 is 5.83. The lowest BCUT2D eigenvalue weighted by atomic mass is 9.79. The van der Waals surface area contributed by atoms with E-state index in [2.05, 4.69) is 55.8 Å². The summed E-state index contributed by atoms with van der Waals surface area (Å²) in [6, 6.07) is 11.1. The zero-order valence-electron chi connectivity index (χ0n) is 15.9. The topological polar surface area (TPSA) is 15.6 Å². The Morgan fingerprint density at radius 3 is 2.73 bits per heavy atom. The number of hydrogen-bond acceptors (Lipinski definition) is 2. The van der Waals surface area contributed by atoms with Crippen molar-refractivity contribution in [2.24, 2.45) is 4.99 Å². The van der Waals surface area contributed by atoms with Crippen LogP contribution in [0, 0.1) is 5.82 Å². The van der Waals surface area contributed by atoms with E-state index in [1.165, 1.54) is 17.3 Å². The van der Waals surface area contributed by atoms with E-state index in [9.17, 15) is 4.39 Å². The third kappa shape index (κ3) is 3.78. The van der Waals surface area contributed by atoms with Gasteiger partial charge < -0.3 is 4.90 Å². The van der Waals surface area contributed by atoms with Gasteiger partial charge in [-0.05, 0) is 74.1 Å². The average molecular weight is 373 g/mol. The van der Waals surface area contributed by atoms with Gasteiger partial charge in [0.15, 0.2) is 0 Å². The second-order valence-corrected chi connectivity index (χ2v) is 8.15. The summed E-state index contributed by atoms with van der Waals surface area (Å²) in [7, 11) is 0. The summed E-state index contributed by atoms with van der Waals surface area (Å²) in [6.45, 7) is 10.2. The molecule has 4 heteroatoms. The number of benzene rings is 2. The highest BCUT2D eigenvalue weighted by atomic mass is 35.5. The van der Waals surface area contributed by atoms with Crippen molar-refractivity contribution in [3.63, 3.8) is 0 Å². The molecule has 0 fully saturated rings. The fourth-order valence-corrected chi connectivity index (χ4v) is 4.13. The molecule has 0 radical (unpaired) electrons. The van der Waals surface area contributed by atoms with E-state index in [1.807, 2.05) is 6.21 Å². The van der Waals surface area contributed by atoms with Gasteiger partial charge >= 0.3 is 0 Å². The van der Waals surface area contributed by atoms with E-state index in [0.717, 1.165) is 24.9 Å². The van der Waals surface area contributed by atoms with E-state index in [-0.39, 0.29) is 10.6 Å². The van der Waals surface area contributed by atoms with E-state index in [1.54, 1.807) is 12.1 Å². The van der Waals surface area contributed by atoms with Crippen LogP contribution < -0.4 is 4.90 Å². The second kappa shape index (κ2) is 7.40. The zero-order valence-corrected chi connectivity index (χ0v) is 16.6. The molecular formula is C22H26ClFN2. The first-order valence-corrected chi connectivity index (χ1v) is 9.60. The van der Waals surface area contributed by atoms with E-state index >= 15 is 0 Å². The third-order valence-corrected chi connectivity index (χ3v) is 5.41. The molecule has 138 valence electrons. The van der Waals surface area contributed by atoms with Gasteiger partial charge in [-0.3, -0.25) is 4.99 Å². The standard InChI is InChI=1S/C22H26ClFN2/c1-5-10-26-21-9-6-16(11-18(21)15(2)13-22(26,3)4)14-25-17-7-8-20(24)19(23)12-17/h6-9,11-12,14-15H,5,10,13H2,1-4H3. The normalized spacial score (nSPS) is 19.0. The highest BCUT2D eigenvalue weighted by molar-refractivity contribution is 6.31. The molecule has 0 N–H and O–H groups in total. The van der Waals surface area contributed by atoms with E-state index < -0.39 is 5.82 Å². The highest BCUT2D eigenvalue weighted by Gasteiger charge is 2.35. The molecule has 2 nitrogen and oxygen atoms in total. The summed E-state index contributed by atoms with van der Waals surface area (Å²) in [5, 5.41) is 0.0937. The van der Waals surface area contributed by atoms with Crippen LogP contribution in [0.2, 0.25) is 5.02 Å². The SMILES string of the molecule is CCCN1c2ccc(C=Nc3ccc(F)c(Cl)c3)cc2C(C)CC1(C)C. The number of hydrogen-bond donors (Lipinski definition) is 0. The molecule has 3 rings (SSSR count). The third-order valence-electron chi connectivity index (χ3n) is 5.12. The van der Waals surface area contributed by atoms with Crippen LogP contribution in [0.25, 0.3) is 0 Å². The Bertz CT molecular complexity index is 829. The second-order valence-electron chi connectivity index (χ2n) is 7.74. The molecule has 0 amide bonds. The van der Waals surface area contributed by atoms with E-state index in [4.69, 9.17) is 11.6 Å². The minimum atomic E-state index is -0.424. The van der Waals surface area contributed by atoms with Gasteiger partial charge in [0.05, 0.1) is 10.7 Å². The van der Waals surface area contributed by atoms with Gasteiger partial charge in [-0.2, -0.15) is 0 Å². The summed E-state index contributed by atoms with van der Waals surface area (Å²) < 4.78 is 13.3. The lowest BCUT2D eigenvalue weighted by Crippen LogP contribution is -2.48. The Labute approximate surface area is 160 Å². The smallest absolute Gasteiger partial charge is 0.141 e. The summed E-state index contributed by atoms with van der Waals surface area (Å²) in [6.07, 6.45) is 4.08. The molecule has 0 aliphatic carbocycles. The molecule has 2 aromatic carbocycles. The van der Waals surface area contributed by atoms with Gasteiger partial charge in [0, 0.05) is 24.0 Å². The van der Waals surface area contributed by atoms with E-state index in [0.29, 0.717) is 11.6 Å². The monoisotopic (exact) mass is 372 g/mol. The van der Waals surface area contributed by atoms with Crippen LogP contribution in [-0.2, 0) is 0 Å². The predicted octanol–water partition coefficient (Wildman–Crippen LogP) is 6.73. The highest BCUT2D eigenvalue weighted by Crippen LogP contribution is 2.43. The predicted molar refractivity (Wildman–Crippen MR) is 110 cm³/mol. The van der Waals surface area contributed by atoms with Crippen LogP contribution in [-0.4, -0.2) is 18.3 Å². The lowest BCUT2D eigenvalue weighted by molar-refractivity contribution is 0.376. The van der Waals surface area contributed by atoms with Crippen molar-refractivity contribution in [3.8, 4) is 0 Å². The summed E-state index contributed by atoms with van der Waals surface area (Å²) in [5.74, 6) is 0.0774. The Balaban J connectivity index is 1.91. The maximum absolute atomic E-state index is 13.3.